The van der Waals surface area contributed by atoms with Crippen LogP contribution in [0.3, 0.4) is 0 Å². The minimum absolute atomic E-state index is 0.230. The zero-order valence-corrected chi connectivity index (χ0v) is 9.07. The Morgan fingerprint density at radius 1 is 1.45 bits per heavy atom. The molecule has 0 unspecified atom stereocenters. The normalized spacial score (nSPS) is 9.73. The summed E-state index contributed by atoms with van der Waals surface area (Å²) in [5.74, 6) is 0. The number of hydrogen-bond donors (Lipinski definition) is 0. The van der Waals surface area contributed by atoms with E-state index >= 15 is 0 Å². The zero-order chi connectivity index (χ0) is 8.43. The topological polar surface area (TPSA) is 30.0 Å². The Bertz CT molecular complexity index is 282. The average molecular weight is 299 g/mol. The Hall–Kier alpha value is 0.0700. The zero-order valence-electron chi connectivity index (χ0n) is 5.14. The fourth-order valence-electron chi connectivity index (χ4n) is 0.566. The summed E-state index contributed by atoms with van der Waals surface area (Å²) < 4.78 is 1.35. The first-order valence-corrected chi connectivity index (χ1v) is 4.59. The molecule has 58 valence electrons. The number of aromatic nitrogens is 1. The van der Waals surface area contributed by atoms with E-state index in [1.165, 1.54) is 0 Å². The van der Waals surface area contributed by atoms with Crippen LogP contribution in [-0.4, -0.2) is 10.2 Å². The summed E-state index contributed by atoms with van der Waals surface area (Å²) in [6, 6.07) is 3.28. The maximum atomic E-state index is 10.6. The van der Waals surface area contributed by atoms with Gasteiger partial charge < -0.3 is 0 Å². The maximum Gasteiger partial charge on any atom is 0.270 e. The molecule has 0 aliphatic heterocycles. The Kier molecular flexibility index (Phi) is 3.04. The molecule has 11 heavy (non-hydrogen) atoms. The van der Waals surface area contributed by atoms with Crippen LogP contribution >= 0.6 is 43.5 Å². The molecule has 0 aromatic carbocycles. The largest absolute Gasteiger partial charge is 0.274 e. The third-order valence-electron chi connectivity index (χ3n) is 0.960. The molecule has 2 nitrogen and oxygen atoms in total. The summed E-state index contributed by atoms with van der Waals surface area (Å²) in [6.45, 7) is 0. The molecule has 0 aliphatic rings. The highest BCUT2D eigenvalue weighted by Crippen LogP contribution is 2.17. The van der Waals surface area contributed by atoms with E-state index in [9.17, 15) is 4.79 Å². The van der Waals surface area contributed by atoms with Crippen molar-refractivity contribution < 1.29 is 4.79 Å². The van der Waals surface area contributed by atoms with Crippen molar-refractivity contribution in [3.05, 3.63) is 26.9 Å². The van der Waals surface area contributed by atoms with Crippen LogP contribution in [0.2, 0.25) is 0 Å². The van der Waals surface area contributed by atoms with Crippen molar-refractivity contribution in [1.82, 2.24) is 4.98 Å². The van der Waals surface area contributed by atoms with Crippen LogP contribution in [-0.2, 0) is 0 Å². The molecular weight excluding hydrogens is 297 g/mol. The van der Waals surface area contributed by atoms with Gasteiger partial charge in [0, 0.05) is 4.47 Å². The molecule has 0 radical (unpaired) electrons. The molecule has 0 fully saturated rings. The van der Waals surface area contributed by atoms with Crippen molar-refractivity contribution in [2.75, 3.05) is 0 Å². The first kappa shape index (κ1) is 9.16. The van der Waals surface area contributed by atoms with Gasteiger partial charge in [-0.05, 0) is 39.7 Å². The third-order valence-corrected chi connectivity index (χ3v) is 2.02. The predicted octanol–water partition coefficient (Wildman–Crippen LogP) is 2.99. The van der Waals surface area contributed by atoms with Gasteiger partial charge in [-0.3, -0.25) is 4.79 Å². The van der Waals surface area contributed by atoms with E-state index in [1.54, 1.807) is 12.1 Å². The van der Waals surface area contributed by atoms with Gasteiger partial charge in [0.2, 0.25) is 0 Å². The lowest BCUT2D eigenvalue weighted by Gasteiger charge is -1.95. The SMILES string of the molecule is O=C(Cl)c1cc(Br)cc(Br)n1. The summed E-state index contributed by atoms with van der Waals surface area (Å²) in [6.07, 6.45) is 0. The van der Waals surface area contributed by atoms with Crippen LogP contribution < -0.4 is 0 Å². The van der Waals surface area contributed by atoms with Crippen molar-refractivity contribution in [3.63, 3.8) is 0 Å². The second-order valence-corrected chi connectivity index (χ2v) is 3.84. The van der Waals surface area contributed by atoms with E-state index in [-0.39, 0.29) is 5.69 Å². The molecule has 5 heteroatoms. The fourth-order valence-corrected chi connectivity index (χ4v) is 1.84. The van der Waals surface area contributed by atoms with Gasteiger partial charge in [-0.2, -0.15) is 0 Å². The lowest BCUT2D eigenvalue weighted by molar-refractivity contribution is 0.107. The molecule has 0 aliphatic carbocycles. The molecule has 1 heterocycles. The average Bonchev–Trinajstić information content (AvgIpc) is 1.85. The number of rotatable bonds is 1. The smallest absolute Gasteiger partial charge is 0.270 e. The fraction of sp³-hybridized carbons (Fsp3) is 0. The molecule has 1 rings (SSSR count). The molecule has 0 N–H and O–H groups in total. The summed E-state index contributed by atoms with van der Waals surface area (Å²) in [7, 11) is 0. The minimum atomic E-state index is -0.563. The second-order valence-electron chi connectivity index (χ2n) is 1.77. The molecule has 0 spiro atoms. The number of carbonyl (C=O) groups is 1. The Balaban J connectivity index is 3.19. The highest BCUT2D eigenvalue weighted by molar-refractivity contribution is 9.11. The van der Waals surface area contributed by atoms with Gasteiger partial charge in [0.15, 0.2) is 0 Å². The lowest BCUT2D eigenvalue weighted by atomic mass is 10.4. The molecule has 0 saturated heterocycles. The van der Waals surface area contributed by atoms with Gasteiger partial charge in [-0.1, -0.05) is 15.9 Å². The molecule has 1 aromatic heterocycles. The van der Waals surface area contributed by atoms with Gasteiger partial charge in [0.25, 0.3) is 5.24 Å². The molecule has 0 bridgehead atoms. The number of hydrogen-bond acceptors (Lipinski definition) is 2. The molecule has 1 aromatic rings. The van der Waals surface area contributed by atoms with Crippen LogP contribution in [0, 0.1) is 0 Å². The maximum absolute atomic E-state index is 10.6. The quantitative estimate of drug-likeness (QED) is 0.589. The molecular formula is C6H2Br2ClNO. The lowest BCUT2D eigenvalue weighted by Crippen LogP contribution is -1.93. The summed E-state index contributed by atoms with van der Waals surface area (Å²) in [5.41, 5.74) is 0.230. The Morgan fingerprint density at radius 3 is 2.55 bits per heavy atom. The number of halogens is 3. The molecule has 0 atom stereocenters. The van der Waals surface area contributed by atoms with Crippen LogP contribution in [0.15, 0.2) is 21.2 Å². The van der Waals surface area contributed by atoms with Crippen molar-refractivity contribution in [2.24, 2.45) is 0 Å². The summed E-state index contributed by atoms with van der Waals surface area (Å²) in [5, 5.41) is -0.563. The van der Waals surface area contributed by atoms with E-state index in [0.717, 1.165) is 4.47 Å². The Labute approximate surface area is 85.2 Å². The molecule has 0 amide bonds. The monoisotopic (exact) mass is 297 g/mol. The summed E-state index contributed by atoms with van der Waals surface area (Å²) in [4.78, 5) is 14.4. The van der Waals surface area contributed by atoms with Crippen LogP contribution in [0.1, 0.15) is 10.5 Å². The highest BCUT2D eigenvalue weighted by Gasteiger charge is 2.04. The number of nitrogens with zero attached hydrogens (tertiary/aromatic N) is 1. The van der Waals surface area contributed by atoms with Gasteiger partial charge in [0.1, 0.15) is 10.3 Å². The summed E-state index contributed by atoms with van der Waals surface area (Å²) >= 11 is 11.5. The third kappa shape index (κ3) is 2.54. The standard InChI is InChI=1S/C6H2Br2ClNO/c7-3-1-4(6(9)11)10-5(8)2-3/h1-2H. The minimum Gasteiger partial charge on any atom is -0.274 e. The van der Waals surface area contributed by atoms with E-state index in [1.807, 2.05) is 0 Å². The van der Waals surface area contributed by atoms with E-state index in [4.69, 9.17) is 11.6 Å². The van der Waals surface area contributed by atoms with Gasteiger partial charge >= 0.3 is 0 Å². The van der Waals surface area contributed by atoms with Gasteiger partial charge in [-0.25, -0.2) is 4.98 Å². The van der Waals surface area contributed by atoms with E-state index < -0.39 is 5.24 Å². The van der Waals surface area contributed by atoms with Crippen molar-refractivity contribution in [3.8, 4) is 0 Å². The first-order chi connectivity index (χ1) is 5.09. The number of pyridine rings is 1. The Morgan fingerprint density at radius 2 is 2.09 bits per heavy atom. The van der Waals surface area contributed by atoms with Crippen molar-refractivity contribution in [1.29, 1.82) is 0 Å². The second kappa shape index (κ2) is 3.65. The first-order valence-electron chi connectivity index (χ1n) is 2.62. The van der Waals surface area contributed by atoms with Crippen LogP contribution in [0.5, 0.6) is 0 Å². The predicted molar refractivity (Wildman–Crippen MR) is 49.8 cm³/mol. The highest BCUT2D eigenvalue weighted by atomic mass is 79.9. The van der Waals surface area contributed by atoms with Gasteiger partial charge in [0.05, 0.1) is 0 Å². The number of carbonyl (C=O) groups excluding carboxylic acids is 1. The van der Waals surface area contributed by atoms with E-state index in [0.29, 0.717) is 4.60 Å². The van der Waals surface area contributed by atoms with Crippen molar-refractivity contribution in [2.45, 2.75) is 0 Å². The van der Waals surface area contributed by atoms with Gasteiger partial charge in [-0.15, -0.1) is 0 Å². The van der Waals surface area contributed by atoms with Crippen LogP contribution in [0.25, 0.3) is 0 Å². The van der Waals surface area contributed by atoms with Crippen molar-refractivity contribution >= 4 is 48.7 Å². The molecule has 0 saturated carbocycles. The van der Waals surface area contributed by atoms with Crippen LogP contribution in [0.4, 0.5) is 0 Å². The van der Waals surface area contributed by atoms with E-state index in [2.05, 4.69) is 36.8 Å².